The van der Waals surface area contributed by atoms with Gasteiger partial charge in [-0.2, -0.15) is 4.31 Å². The lowest BCUT2D eigenvalue weighted by Gasteiger charge is -2.34. The fourth-order valence-electron chi connectivity index (χ4n) is 4.12. The number of fused-ring (bicyclic) bond motifs is 1. The molecule has 25 heavy (non-hydrogen) atoms. The van der Waals surface area contributed by atoms with E-state index in [1.165, 1.54) is 18.2 Å². The van der Waals surface area contributed by atoms with Crippen LogP contribution in [0.1, 0.15) is 50.5 Å². The van der Waals surface area contributed by atoms with Crippen LogP contribution >= 0.6 is 0 Å². The maximum Gasteiger partial charge on any atom is 0.228 e. The highest BCUT2D eigenvalue weighted by atomic mass is 32.2. The Bertz CT molecular complexity index is 711. The van der Waals surface area contributed by atoms with Crippen molar-refractivity contribution in [2.45, 2.75) is 57.4 Å². The maximum absolute atomic E-state index is 12.8. The second-order valence-electron chi connectivity index (χ2n) is 7.19. The van der Waals surface area contributed by atoms with Crippen LogP contribution in [0.15, 0.2) is 24.3 Å². The van der Waals surface area contributed by atoms with E-state index >= 15 is 0 Å². The fourth-order valence-corrected chi connectivity index (χ4v) is 5.30. The lowest BCUT2D eigenvalue weighted by Crippen LogP contribution is -2.44. The molecule has 3 rings (SSSR count). The molecule has 138 valence electrons. The van der Waals surface area contributed by atoms with Gasteiger partial charge in [0.2, 0.25) is 15.9 Å². The Hall–Kier alpha value is -1.40. The molecule has 6 heteroatoms. The van der Waals surface area contributed by atoms with Gasteiger partial charge in [-0.1, -0.05) is 37.5 Å². The van der Waals surface area contributed by atoms with Gasteiger partial charge >= 0.3 is 0 Å². The first-order valence-electron chi connectivity index (χ1n) is 9.32. The Balaban J connectivity index is 1.68. The highest BCUT2D eigenvalue weighted by Crippen LogP contribution is 2.28. The molecule has 1 amide bonds. The molecule has 1 aromatic carbocycles. The van der Waals surface area contributed by atoms with Gasteiger partial charge in [0, 0.05) is 31.2 Å². The molecule has 5 nitrogen and oxygen atoms in total. The number of sulfonamides is 1. The molecule has 0 spiro atoms. The number of hydrogen-bond acceptors (Lipinski definition) is 3. The summed E-state index contributed by atoms with van der Waals surface area (Å²) in [5.41, 5.74) is 2.19. The molecule has 2 aliphatic rings. The van der Waals surface area contributed by atoms with Crippen LogP contribution in [0, 0.1) is 0 Å². The van der Waals surface area contributed by atoms with Crippen LogP contribution in [-0.2, 0) is 21.2 Å². The van der Waals surface area contributed by atoms with E-state index in [0.29, 0.717) is 6.54 Å². The molecule has 0 radical (unpaired) electrons. The van der Waals surface area contributed by atoms with E-state index in [2.05, 4.69) is 6.07 Å². The number of carbonyl (C=O) groups is 1. The zero-order chi connectivity index (χ0) is 17.9. The smallest absolute Gasteiger partial charge is 0.228 e. The number of carbonyl (C=O) groups excluding carboxylic acids is 1. The van der Waals surface area contributed by atoms with Crippen LogP contribution in [0.25, 0.3) is 0 Å². The normalized spacial score (nSPS) is 19.0. The first kappa shape index (κ1) is 18.4. The van der Waals surface area contributed by atoms with E-state index in [1.54, 1.807) is 4.31 Å². The Morgan fingerprint density at radius 3 is 2.60 bits per heavy atom. The maximum atomic E-state index is 12.8. The highest BCUT2D eigenvalue weighted by Gasteiger charge is 2.29. The topological polar surface area (TPSA) is 57.7 Å². The second kappa shape index (κ2) is 7.87. The molecular weight excluding hydrogens is 336 g/mol. The summed E-state index contributed by atoms with van der Waals surface area (Å²) in [6, 6.07) is 8.07. The minimum atomic E-state index is -3.29. The van der Waals surface area contributed by atoms with Gasteiger partial charge in [0.1, 0.15) is 0 Å². The van der Waals surface area contributed by atoms with Gasteiger partial charge in [-0.3, -0.25) is 4.79 Å². The third-order valence-electron chi connectivity index (χ3n) is 5.37. The first-order valence-corrected chi connectivity index (χ1v) is 11.2. The summed E-state index contributed by atoms with van der Waals surface area (Å²) >= 11 is 0. The van der Waals surface area contributed by atoms with Crippen molar-refractivity contribution < 1.29 is 13.2 Å². The minimum absolute atomic E-state index is 0.0246. The van der Waals surface area contributed by atoms with Crippen molar-refractivity contribution in [1.29, 1.82) is 0 Å². The molecule has 0 N–H and O–H groups in total. The summed E-state index contributed by atoms with van der Waals surface area (Å²) in [5.74, 6) is 0.0246. The average Bonchev–Trinajstić information content (AvgIpc) is 2.61. The van der Waals surface area contributed by atoms with Crippen molar-refractivity contribution in [3.8, 4) is 0 Å². The Labute approximate surface area is 151 Å². The molecule has 0 atom stereocenters. The summed E-state index contributed by atoms with van der Waals surface area (Å²) < 4.78 is 26.0. The molecule has 1 aliphatic carbocycles. The van der Waals surface area contributed by atoms with E-state index in [9.17, 15) is 13.2 Å². The van der Waals surface area contributed by atoms with Crippen LogP contribution in [0.4, 0.5) is 5.69 Å². The predicted molar refractivity (Wildman–Crippen MR) is 100 cm³/mol. The van der Waals surface area contributed by atoms with Crippen molar-refractivity contribution in [3.05, 3.63) is 29.8 Å². The van der Waals surface area contributed by atoms with Crippen LogP contribution in [0.3, 0.4) is 0 Å². The molecule has 0 saturated heterocycles. The minimum Gasteiger partial charge on any atom is -0.312 e. The summed E-state index contributed by atoms with van der Waals surface area (Å²) in [6.45, 7) is 1.01. The van der Waals surface area contributed by atoms with Crippen LogP contribution in [0.2, 0.25) is 0 Å². The molecule has 1 heterocycles. The fraction of sp³-hybridized carbons (Fsp3) is 0.632. The number of nitrogens with zero attached hydrogens (tertiary/aromatic N) is 2. The molecule has 1 saturated carbocycles. The zero-order valence-corrected chi connectivity index (χ0v) is 15.8. The van der Waals surface area contributed by atoms with Gasteiger partial charge in [-0.15, -0.1) is 0 Å². The Kier molecular flexibility index (Phi) is 5.79. The summed E-state index contributed by atoms with van der Waals surface area (Å²) in [7, 11) is -3.29. The summed E-state index contributed by atoms with van der Waals surface area (Å²) in [4.78, 5) is 14.6. The van der Waals surface area contributed by atoms with Gasteiger partial charge in [-0.25, -0.2) is 8.42 Å². The van der Waals surface area contributed by atoms with Crippen LogP contribution < -0.4 is 4.90 Å². The molecule has 0 unspecified atom stereocenters. The lowest BCUT2D eigenvalue weighted by molar-refractivity contribution is -0.118. The van der Waals surface area contributed by atoms with Gasteiger partial charge in [0.05, 0.1) is 6.26 Å². The van der Waals surface area contributed by atoms with E-state index in [4.69, 9.17) is 0 Å². The lowest BCUT2D eigenvalue weighted by atomic mass is 9.95. The third-order valence-corrected chi connectivity index (χ3v) is 6.70. The number of aryl methyl sites for hydroxylation is 1. The molecule has 1 aromatic rings. The largest absolute Gasteiger partial charge is 0.312 e. The van der Waals surface area contributed by atoms with Crippen molar-refractivity contribution in [3.63, 3.8) is 0 Å². The number of rotatable bonds is 5. The van der Waals surface area contributed by atoms with E-state index in [0.717, 1.165) is 50.8 Å². The number of anilines is 1. The SMILES string of the molecule is CS(=O)(=O)N(CCC(=O)N1CCCc2ccccc21)C1CCCCC1. The van der Waals surface area contributed by atoms with Crippen molar-refractivity contribution in [2.24, 2.45) is 0 Å². The van der Waals surface area contributed by atoms with E-state index in [-0.39, 0.29) is 18.4 Å². The second-order valence-corrected chi connectivity index (χ2v) is 9.13. The summed E-state index contributed by atoms with van der Waals surface area (Å²) in [6.07, 6.45) is 8.62. The molecule has 1 fully saturated rings. The number of para-hydroxylation sites is 1. The first-order chi connectivity index (χ1) is 12.0. The van der Waals surface area contributed by atoms with Crippen molar-refractivity contribution in [1.82, 2.24) is 4.31 Å². The van der Waals surface area contributed by atoms with E-state index < -0.39 is 10.0 Å². The van der Waals surface area contributed by atoms with Crippen LogP contribution in [0.5, 0.6) is 0 Å². The summed E-state index contributed by atoms with van der Waals surface area (Å²) in [5, 5.41) is 0. The van der Waals surface area contributed by atoms with Gasteiger partial charge in [0.25, 0.3) is 0 Å². The Morgan fingerprint density at radius 1 is 1.16 bits per heavy atom. The average molecular weight is 365 g/mol. The zero-order valence-electron chi connectivity index (χ0n) is 15.0. The van der Waals surface area contributed by atoms with Gasteiger partial charge in [-0.05, 0) is 37.3 Å². The monoisotopic (exact) mass is 364 g/mol. The predicted octanol–water partition coefficient (Wildman–Crippen LogP) is 2.95. The molecular formula is C19H28N2O3S. The van der Waals surface area contributed by atoms with Crippen LogP contribution in [-0.4, -0.2) is 44.0 Å². The number of amides is 1. The third kappa shape index (κ3) is 4.42. The van der Waals surface area contributed by atoms with Gasteiger partial charge in [0.15, 0.2) is 0 Å². The van der Waals surface area contributed by atoms with Gasteiger partial charge < -0.3 is 4.90 Å². The number of hydrogen-bond donors (Lipinski definition) is 0. The molecule has 0 bridgehead atoms. The van der Waals surface area contributed by atoms with Crippen molar-refractivity contribution in [2.75, 3.05) is 24.2 Å². The standard InChI is InChI=1S/C19H28N2O3S/c1-25(23,24)21(17-10-3-2-4-11-17)15-13-19(22)20-14-7-9-16-8-5-6-12-18(16)20/h5-6,8,12,17H,2-4,7,9-11,13-15H2,1H3. The number of benzene rings is 1. The molecule has 1 aliphatic heterocycles. The van der Waals surface area contributed by atoms with Crippen molar-refractivity contribution >= 4 is 21.6 Å². The quantitative estimate of drug-likeness (QED) is 0.807. The molecule has 0 aromatic heterocycles. The highest BCUT2D eigenvalue weighted by molar-refractivity contribution is 7.88. The Morgan fingerprint density at radius 2 is 1.88 bits per heavy atom. The van der Waals surface area contributed by atoms with E-state index in [1.807, 2.05) is 23.1 Å².